The van der Waals surface area contributed by atoms with Crippen LogP contribution in [0.2, 0.25) is 0 Å². The van der Waals surface area contributed by atoms with Gasteiger partial charge in [0, 0.05) is 37.2 Å². The van der Waals surface area contributed by atoms with Crippen molar-refractivity contribution in [2.24, 2.45) is 11.8 Å². The number of rotatable bonds is 10. The molecular formula is C27H34N4O3S3. The SMILES string of the molecule is O=S(=O)(c1cccs1)N(CC1CC1)c1cccc2c1NC(c1ncc(CN3CCC(CCO)CC3)s1)C2. The molecule has 0 amide bonds. The Bertz CT molecular complexity index is 1310. The number of aromatic nitrogens is 1. The molecule has 0 spiro atoms. The maximum Gasteiger partial charge on any atom is 0.273 e. The molecule has 1 aliphatic carbocycles. The number of nitrogens with one attached hydrogen (secondary N) is 1. The molecule has 1 saturated carbocycles. The zero-order valence-corrected chi connectivity index (χ0v) is 23.3. The van der Waals surface area contributed by atoms with Crippen molar-refractivity contribution >= 4 is 44.1 Å². The van der Waals surface area contributed by atoms with Crippen molar-refractivity contribution in [1.82, 2.24) is 9.88 Å². The number of likely N-dealkylation sites (tertiary alicyclic amines) is 1. The summed E-state index contributed by atoms with van der Waals surface area (Å²) < 4.78 is 29.3. The largest absolute Gasteiger partial charge is 0.396 e. The van der Waals surface area contributed by atoms with E-state index in [-0.39, 0.29) is 6.04 Å². The number of piperidine rings is 1. The monoisotopic (exact) mass is 558 g/mol. The molecule has 198 valence electrons. The van der Waals surface area contributed by atoms with Gasteiger partial charge in [0.05, 0.1) is 17.4 Å². The Kier molecular flexibility index (Phi) is 7.28. The van der Waals surface area contributed by atoms with Gasteiger partial charge < -0.3 is 10.4 Å². The smallest absolute Gasteiger partial charge is 0.273 e. The summed E-state index contributed by atoms with van der Waals surface area (Å²) in [5.74, 6) is 1.08. The molecule has 6 rings (SSSR count). The zero-order valence-electron chi connectivity index (χ0n) is 20.9. The lowest BCUT2D eigenvalue weighted by molar-refractivity contribution is 0.154. The van der Waals surface area contributed by atoms with Crippen molar-refractivity contribution in [3.8, 4) is 0 Å². The standard InChI is InChI=1S/C27H34N4O3S3/c32-13-10-19-8-11-30(12-9-19)18-22-16-28-27(36-22)23-15-21-3-1-4-24(26(21)29-23)31(17-20-6-7-20)37(33,34)25-5-2-14-35-25/h1-5,14,16,19-20,23,29,32H,6-13,15,17-18H2. The van der Waals surface area contributed by atoms with E-state index in [0.717, 1.165) is 80.1 Å². The number of hydrogen-bond acceptors (Lipinski definition) is 8. The van der Waals surface area contributed by atoms with E-state index in [2.05, 4.69) is 16.3 Å². The van der Waals surface area contributed by atoms with Gasteiger partial charge in [-0.15, -0.1) is 22.7 Å². The molecule has 37 heavy (non-hydrogen) atoms. The molecule has 0 radical (unpaired) electrons. The van der Waals surface area contributed by atoms with E-state index in [0.29, 0.717) is 29.2 Å². The minimum atomic E-state index is -3.61. The molecule has 0 bridgehead atoms. The molecule has 4 heterocycles. The van der Waals surface area contributed by atoms with Crippen molar-refractivity contribution in [1.29, 1.82) is 0 Å². The van der Waals surface area contributed by atoms with E-state index >= 15 is 0 Å². The third-order valence-electron chi connectivity index (χ3n) is 7.79. The molecule has 2 aliphatic heterocycles. The van der Waals surface area contributed by atoms with Crippen LogP contribution in [-0.2, 0) is 23.0 Å². The van der Waals surface area contributed by atoms with Gasteiger partial charge in [0.15, 0.2) is 0 Å². The van der Waals surface area contributed by atoms with E-state index in [1.807, 2.05) is 23.7 Å². The first-order valence-corrected chi connectivity index (χ1v) is 16.4. The van der Waals surface area contributed by atoms with Crippen LogP contribution >= 0.6 is 22.7 Å². The van der Waals surface area contributed by atoms with Crippen LogP contribution in [-0.4, -0.2) is 49.6 Å². The fourth-order valence-corrected chi connectivity index (χ4v) is 9.17. The van der Waals surface area contributed by atoms with Gasteiger partial charge in [0.1, 0.15) is 9.22 Å². The predicted octanol–water partition coefficient (Wildman–Crippen LogP) is 5.11. The Morgan fingerprint density at radius 2 is 1.95 bits per heavy atom. The highest BCUT2D eigenvalue weighted by Gasteiger charge is 2.36. The number of aliphatic hydroxyl groups excluding tert-OH is 1. The van der Waals surface area contributed by atoms with Crippen LogP contribution in [0.3, 0.4) is 0 Å². The zero-order chi connectivity index (χ0) is 25.4. The van der Waals surface area contributed by atoms with Gasteiger partial charge in [0.25, 0.3) is 10.0 Å². The van der Waals surface area contributed by atoms with Crippen molar-refractivity contribution in [2.45, 2.75) is 55.3 Å². The number of anilines is 2. The number of fused-ring (bicyclic) bond motifs is 1. The Labute approximate surface area is 227 Å². The second-order valence-corrected chi connectivity index (χ2v) is 14.7. The van der Waals surface area contributed by atoms with Crippen LogP contribution in [0, 0.1) is 11.8 Å². The Morgan fingerprint density at radius 1 is 1.11 bits per heavy atom. The summed E-state index contributed by atoms with van der Waals surface area (Å²) in [6.07, 6.45) is 8.21. The molecule has 1 unspecified atom stereocenters. The van der Waals surface area contributed by atoms with Gasteiger partial charge in [-0.2, -0.15) is 0 Å². The molecule has 2 fully saturated rings. The topological polar surface area (TPSA) is 85.8 Å². The highest BCUT2D eigenvalue weighted by molar-refractivity contribution is 7.94. The first-order valence-electron chi connectivity index (χ1n) is 13.2. The quantitative estimate of drug-likeness (QED) is 0.360. The highest BCUT2D eigenvalue weighted by Crippen LogP contribution is 2.44. The summed E-state index contributed by atoms with van der Waals surface area (Å²) in [5.41, 5.74) is 2.83. The van der Waals surface area contributed by atoms with Crippen molar-refractivity contribution in [2.75, 3.05) is 35.9 Å². The van der Waals surface area contributed by atoms with E-state index in [9.17, 15) is 13.5 Å². The second-order valence-electron chi connectivity index (χ2n) is 10.5. The first kappa shape index (κ1) is 25.3. The Balaban J connectivity index is 1.18. The van der Waals surface area contributed by atoms with E-state index in [1.54, 1.807) is 27.8 Å². The molecule has 1 saturated heterocycles. The van der Waals surface area contributed by atoms with Crippen LogP contribution in [0.25, 0.3) is 0 Å². The summed E-state index contributed by atoms with van der Waals surface area (Å²) in [5, 5.41) is 15.7. The third kappa shape index (κ3) is 5.45. The predicted molar refractivity (Wildman–Crippen MR) is 150 cm³/mol. The Hall–Kier alpha value is -1.98. The molecule has 2 aromatic heterocycles. The highest BCUT2D eigenvalue weighted by atomic mass is 32.2. The molecule has 7 nitrogen and oxygen atoms in total. The number of thiophene rings is 1. The van der Waals surface area contributed by atoms with Crippen LogP contribution in [0.15, 0.2) is 46.1 Å². The molecule has 2 N–H and O–H groups in total. The lowest BCUT2D eigenvalue weighted by Gasteiger charge is -2.31. The van der Waals surface area contributed by atoms with Gasteiger partial charge in [0.2, 0.25) is 0 Å². The lowest BCUT2D eigenvalue weighted by Crippen LogP contribution is -2.33. The third-order valence-corrected chi connectivity index (χ3v) is 12.0. The minimum Gasteiger partial charge on any atom is -0.396 e. The maximum atomic E-state index is 13.6. The van der Waals surface area contributed by atoms with Crippen molar-refractivity contribution < 1.29 is 13.5 Å². The number of aliphatic hydroxyl groups is 1. The normalized spacial score (nSPS) is 20.6. The molecule has 1 atom stereocenters. The summed E-state index contributed by atoms with van der Waals surface area (Å²) in [6.45, 7) is 3.88. The van der Waals surface area contributed by atoms with E-state index in [1.165, 1.54) is 16.2 Å². The van der Waals surface area contributed by atoms with Gasteiger partial charge >= 0.3 is 0 Å². The van der Waals surface area contributed by atoms with Crippen LogP contribution in [0.1, 0.15) is 53.6 Å². The lowest BCUT2D eigenvalue weighted by atomic mass is 9.94. The number of sulfonamides is 1. The number of hydrogen-bond donors (Lipinski definition) is 2. The van der Waals surface area contributed by atoms with Gasteiger partial charge in [-0.3, -0.25) is 9.21 Å². The number of benzene rings is 1. The van der Waals surface area contributed by atoms with Gasteiger partial charge in [-0.05, 0) is 80.1 Å². The fraction of sp³-hybridized carbons (Fsp3) is 0.519. The number of para-hydroxylation sites is 1. The molecular weight excluding hydrogens is 525 g/mol. The average Bonchev–Trinajstić information content (AvgIpc) is 3.29. The van der Waals surface area contributed by atoms with Crippen LogP contribution < -0.4 is 9.62 Å². The van der Waals surface area contributed by atoms with Gasteiger partial charge in [-0.25, -0.2) is 13.4 Å². The molecule has 1 aromatic carbocycles. The maximum absolute atomic E-state index is 13.6. The second kappa shape index (κ2) is 10.6. The summed E-state index contributed by atoms with van der Waals surface area (Å²) in [7, 11) is -3.61. The summed E-state index contributed by atoms with van der Waals surface area (Å²) >= 11 is 3.04. The van der Waals surface area contributed by atoms with E-state index in [4.69, 9.17) is 4.98 Å². The molecule has 3 aliphatic rings. The first-order chi connectivity index (χ1) is 18.0. The number of nitrogens with zero attached hydrogens (tertiary/aromatic N) is 3. The van der Waals surface area contributed by atoms with Crippen LogP contribution in [0.5, 0.6) is 0 Å². The number of thiazole rings is 1. The summed E-state index contributed by atoms with van der Waals surface area (Å²) in [4.78, 5) is 8.54. The fourth-order valence-electron chi connectivity index (χ4n) is 5.50. The average molecular weight is 559 g/mol. The van der Waals surface area contributed by atoms with E-state index < -0.39 is 10.0 Å². The van der Waals surface area contributed by atoms with Crippen molar-refractivity contribution in [3.05, 3.63) is 57.4 Å². The van der Waals surface area contributed by atoms with Gasteiger partial charge in [-0.1, -0.05) is 18.2 Å². The summed E-state index contributed by atoms with van der Waals surface area (Å²) in [6, 6.07) is 9.58. The molecule has 3 aromatic rings. The minimum absolute atomic E-state index is 0.0532. The Morgan fingerprint density at radius 3 is 2.68 bits per heavy atom. The van der Waals surface area contributed by atoms with Crippen LogP contribution in [0.4, 0.5) is 11.4 Å². The van der Waals surface area contributed by atoms with Crippen molar-refractivity contribution in [3.63, 3.8) is 0 Å². The molecule has 10 heteroatoms.